The van der Waals surface area contributed by atoms with Gasteiger partial charge in [-0.2, -0.15) is 0 Å². The van der Waals surface area contributed by atoms with Gasteiger partial charge in [0.25, 0.3) is 0 Å². The van der Waals surface area contributed by atoms with Crippen LogP contribution in [0.25, 0.3) is 0 Å². The molecule has 0 radical (unpaired) electrons. The van der Waals surface area contributed by atoms with E-state index in [1.807, 2.05) is 0 Å². The first kappa shape index (κ1) is 15.4. The normalized spacial score (nSPS) is 36.6. The minimum absolute atomic E-state index is 0.119. The summed E-state index contributed by atoms with van der Waals surface area (Å²) < 4.78 is 7.35. The summed E-state index contributed by atoms with van der Waals surface area (Å²) in [4.78, 5) is 3.82. The first-order valence-corrected chi connectivity index (χ1v) is 9.51. The zero-order valence-electron chi connectivity index (χ0n) is 13.6. The van der Waals surface area contributed by atoms with Gasteiger partial charge >= 0.3 is 0 Å². The molecule has 22 heavy (non-hydrogen) atoms. The summed E-state index contributed by atoms with van der Waals surface area (Å²) in [6.07, 6.45) is 5.71. The van der Waals surface area contributed by atoms with Crippen LogP contribution < -0.4 is 5.32 Å². The third-order valence-corrected chi connectivity index (χ3v) is 7.39. The average Bonchev–Trinajstić information content (AvgIpc) is 3.16. The van der Waals surface area contributed by atoms with E-state index in [-0.39, 0.29) is 5.60 Å². The Morgan fingerprint density at radius 3 is 2.82 bits per heavy atom. The van der Waals surface area contributed by atoms with E-state index in [2.05, 4.69) is 37.3 Å². The molecule has 3 aliphatic rings. The van der Waals surface area contributed by atoms with Gasteiger partial charge in [-0.15, -0.1) is 11.3 Å². The van der Waals surface area contributed by atoms with E-state index in [9.17, 15) is 0 Å². The van der Waals surface area contributed by atoms with Gasteiger partial charge in [0.1, 0.15) is 5.60 Å². The third-order valence-electron chi connectivity index (χ3n) is 5.90. The number of rotatable bonds is 2. The molecule has 0 amide bonds. The minimum Gasteiger partial charge on any atom is -0.369 e. The second-order valence-corrected chi connectivity index (χ2v) is 9.21. The standard InChI is InChI=1S/C17H25ClN2OS/c1-11-9-17(10-13(19-11)16(5-6-16)20(2)3)15-12(4-7-21-17)8-14(18)22-15/h8,11,13,19H,4-7,9-10H2,1-3H3/t11-,13?,17-/m0/s1. The number of halogens is 1. The van der Waals surface area contributed by atoms with Gasteiger partial charge in [0.05, 0.1) is 10.9 Å². The van der Waals surface area contributed by atoms with Crippen LogP contribution in [-0.4, -0.2) is 43.2 Å². The van der Waals surface area contributed by atoms with Gasteiger partial charge in [0.15, 0.2) is 0 Å². The second-order valence-electron chi connectivity index (χ2n) is 7.52. The van der Waals surface area contributed by atoms with Crippen LogP contribution in [0, 0.1) is 0 Å². The predicted molar refractivity (Wildman–Crippen MR) is 91.9 cm³/mol. The Morgan fingerprint density at radius 1 is 1.36 bits per heavy atom. The van der Waals surface area contributed by atoms with Gasteiger partial charge in [-0.1, -0.05) is 11.6 Å². The van der Waals surface area contributed by atoms with Crippen LogP contribution in [0.1, 0.15) is 43.0 Å². The maximum Gasteiger partial charge on any atom is 0.106 e. The summed E-state index contributed by atoms with van der Waals surface area (Å²) in [6.45, 7) is 3.13. The molecule has 1 aromatic rings. The molecular formula is C17H25ClN2OS. The molecule has 1 spiro atoms. The molecule has 1 unspecified atom stereocenters. The Morgan fingerprint density at radius 2 is 2.14 bits per heavy atom. The fourth-order valence-corrected chi connectivity index (χ4v) is 6.10. The molecule has 0 aromatic carbocycles. The lowest BCUT2D eigenvalue weighted by Crippen LogP contribution is -2.60. The number of piperidine rings is 1. The number of thiophene rings is 1. The summed E-state index contributed by atoms with van der Waals surface area (Å²) in [6, 6.07) is 3.13. The summed E-state index contributed by atoms with van der Waals surface area (Å²) in [5.41, 5.74) is 1.62. The average molecular weight is 341 g/mol. The van der Waals surface area contributed by atoms with Gasteiger partial charge in [-0.05, 0) is 64.8 Å². The molecule has 2 aliphatic heterocycles. The maximum atomic E-state index is 6.44. The number of ether oxygens (including phenoxy) is 1. The van der Waals surface area contributed by atoms with Crippen molar-refractivity contribution in [1.82, 2.24) is 10.2 Å². The van der Waals surface area contributed by atoms with Crippen molar-refractivity contribution in [2.45, 2.75) is 62.3 Å². The van der Waals surface area contributed by atoms with Crippen LogP contribution in [0.5, 0.6) is 0 Å². The SMILES string of the molecule is C[C@H]1C[C@@]2(CC(C3(N(C)C)CC3)N1)OCCc1cc(Cl)sc12. The molecular weight excluding hydrogens is 316 g/mol. The molecule has 2 fully saturated rings. The molecule has 1 N–H and O–H groups in total. The molecule has 122 valence electrons. The summed E-state index contributed by atoms with van der Waals surface area (Å²) in [5.74, 6) is 0. The van der Waals surface area contributed by atoms with E-state index in [4.69, 9.17) is 16.3 Å². The van der Waals surface area contributed by atoms with Crippen LogP contribution in [0.15, 0.2) is 6.07 Å². The third kappa shape index (κ3) is 2.27. The number of hydrogen-bond donors (Lipinski definition) is 1. The van der Waals surface area contributed by atoms with E-state index in [1.54, 1.807) is 11.3 Å². The Balaban J connectivity index is 1.70. The zero-order valence-corrected chi connectivity index (χ0v) is 15.2. The van der Waals surface area contributed by atoms with Gasteiger partial charge in [0.2, 0.25) is 0 Å². The summed E-state index contributed by atoms with van der Waals surface area (Å²) in [5, 5.41) is 3.86. The van der Waals surface area contributed by atoms with Crippen LogP contribution in [0.2, 0.25) is 4.34 Å². The van der Waals surface area contributed by atoms with Crippen molar-refractivity contribution in [2.75, 3.05) is 20.7 Å². The molecule has 0 bridgehead atoms. The molecule has 1 aromatic heterocycles. The van der Waals surface area contributed by atoms with Crippen molar-refractivity contribution in [2.24, 2.45) is 0 Å². The minimum atomic E-state index is -0.119. The van der Waals surface area contributed by atoms with Crippen molar-refractivity contribution in [3.63, 3.8) is 0 Å². The van der Waals surface area contributed by atoms with E-state index >= 15 is 0 Å². The Hall–Kier alpha value is -0.130. The van der Waals surface area contributed by atoms with E-state index < -0.39 is 0 Å². The van der Waals surface area contributed by atoms with E-state index in [1.165, 1.54) is 23.3 Å². The first-order valence-electron chi connectivity index (χ1n) is 8.31. The smallest absolute Gasteiger partial charge is 0.106 e. The Kier molecular flexibility index (Phi) is 3.63. The van der Waals surface area contributed by atoms with E-state index in [0.29, 0.717) is 17.6 Å². The van der Waals surface area contributed by atoms with Crippen molar-refractivity contribution < 1.29 is 4.74 Å². The van der Waals surface area contributed by atoms with Gasteiger partial charge < -0.3 is 15.0 Å². The zero-order chi connectivity index (χ0) is 15.5. The fraction of sp³-hybridized carbons (Fsp3) is 0.765. The Bertz CT molecular complexity index is 583. The van der Waals surface area contributed by atoms with Crippen LogP contribution >= 0.6 is 22.9 Å². The highest BCUT2D eigenvalue weighted by atomic mass is 35.5. The van der Waals surface area contributed by atoms with Crippen LogP contribution in [0.3, 0.4) is 0 Å². The molecule has 1 saturated heterocycles. The van der Waals surface area contributed by atoms with Gasteiger partial charge in [-0.3, -0.25) is 0 Å². The van der Waals surface area contributed by atoms with Crippen molar-refractivity contribution in [3.05, 3.63) is 20.8 Å². The maximum absolute atomic E-state index is 6.44. The molecule has 5 heteroatoms. The molecule has 4 rings (SSSR count). The molecule has 1 saturated carbocycles. The quantitative estimate of drug-likeness (QED) is 0.893. The van der Waals surface area contributed by atoms with E-state index in [0.717, 1.165) is 30.2 Å². The molecule has 3 heterocycles. The van der Waals surface area contributed by atoms with Crippen LogP contribution in [-0.2, 0) is 16.8 Å². The van der Waals surface area contributed by atoms with Crippen molar-refractivity contribution >= 4 is 22.9 Å². The lowest BCUT2D eigenvalue weighted by molar-refractivity contribution is -0.103. The van der Waals surface area contributed by atoms with Crippen LogP contribution in [0.4, 0.5) is 0 Å². The lowest BCUT2D eigenvalue weighted by Gasteiger charge is -2.49. The monoisotopic (exact) mass is 340 g/mol. The largest absolute Gasteiger partial charge is 0.369 e. The summed E-state index contributed by atoms with van der Waals surface area (Å²) >= 11 is 8.06. The number of likely N-dealkylation sites (N-methyl/N-ethyl adjacent to an activating group) is 1. The first-order chi connectivity index (χ1) is 10.5. The molecule has 1 aliphatic carbocycles. The highest BCUT2D eigenvalue weighted by molar-refractivity contribution is 7.16. The highest BCUT2D eigenvalue weighted by Crippen LogP contribution is 2.53. The second kappa shape index (κ2) is 5.18. The number of nitrogens with zero attached hydrogens (tertiary/aromatic N) is 1. The lowest BCUT2D eigenvalue weighted by atomic mass is 9.77. The summed E-state index contributed by atoms with van der Waals surface area (Å²) in [7, 11) is 4.44. The van der Waals surface area contributed by atoms with Gasteiger partial charge in [-0.25, -0.2) is 0 Å². The van der Waals surface area contributed by atoms with Crippen molar-refractivity contribution in [3.8, 4) is 0 Å². The fourth-order valence-electron chi connectivity index (χ4n) is 4.64. The molecule has 3 atom stereocenters. The topological polar surface area (TPSA) is 24.5 Å². The number of hydrogen-bond acceptors (Lipinski definition) is 4. The Labute approximate surface area is 142 Å². The van der Waals surface area contributed by atoms with Gasteiger partial charge in [0, 0.05) is 22.5 Å². The number of nitrogens with one attached hydrogen (secondary N) is 1. The highest BCUT2D eigenvalue weighted by Gasteiger charge is 2.57. The number of fused-ring (bicyclic) bond motifs is 2. The predicted octanol–water partition coefficient (Wildman–Crippen LogP) is 3.40. The molecule has 3 nitrogen and oxygen atoms in total. The van der Waals surface area contributed by atoms with Crippen molar-refractivity contribution in [1.29, 1.82) is 0 Å².